The van der Waals surface area contributed by atoms with Gasteiger partial charge in [0.05, 0.1) is 12.7 Å². The summed E-state index contributed by atoms with van der Waals surface area (Å²) >= 11 is 11.5. The zero-order valence-electron chi connectivity index (χ0n) is 15.8. The Morgan fingerprint density at radius 1 is 1.03 bits per heavy atom. The van der Waals surface area contributed by atoms with E-state index in [2.05, 4.69) is 15.8 Å². The zero-order chi connectivity index (χ0) is 20.5. The van der Waals surface area contributed by atoms with Crippen LogP contribution in [0.4, 0.5) is 5.69 Å². The standard InChI is InChI=1S/C22H20ClN3O2S/c1-27-20-13-7-9-16(21(20)28-15-17-8-5-6-12-19(17)23)14-24-26-22(29)25-18-10-3-2-4-11-18/h2-14H,15H2,1H3,(H2,25,26,29)/p+1. The monoisotopic (exact) mass is 426 g/mol. The quantitative estimate of drug-likeness (QED) is 0.307. The number of hydrazone groups is 1. The first-order valence-electron chi connectivity index (χ1n) is 8.91. The second-order valence-electron chi connectivity index (χ2n) is 5.99. The zero-order valence-corrected chi connectivity index (χ0v) is 17.4. The highest BCUT2D eigenvalue weighted by Crippen LogP contribution is 2.31. The van der Waals surface area contributed by atoms with Crippen LogP contribution in [0.1, 0.15) is 11.1 Å². The van der Waals surface area contributed by atoms with E-state index in [9.17, 15) is 0 Å². The first-order valence-corrected chi connectivity index (χ1v) is 9.70. The van der Waals surface area contributed by atoms with Gasteiger partial charge in [0, 0.05) is 16.3 Å². The SMILES string of the molecule is COc1cccc(C=[NH+]NC(=S)Nc2ccccc2)c1OCc1ccccc1Cl. The van der Waals surface area contributed by atoms with E-state index < -0.39 is 0 Å². The molecule has 0 amide bonds. The number of para-hydroxylation sites is 2. The summed E-state index contributed by atoms with van der Waals surface area (Å²) in [7, 11) is 1.60. The Morgan fingerprint density at radius 3 is 2.55 bits per heavy atom. The molecule has 148 valence electrons. The minimum Gasteiger partial charge on any atom is -0.493 e. The van der Waals surface area contributed by atoms with Gasteiger partial charge < -0.3 is 14.8 Å². The Balaban J connectivity index is 1.69. The number of methoxy groups -OCH3 is 1. The molecule has 0 saturated carbocycles. The van der Waals surface area contributed by atoms with E-state index in [0.29, 0.717) is 28.2 Å². The number of thiocarbonyl (C=S) groups is 1. The predicted molar refractivity (Wildman–Crippen MR) is 121 cm³/mol. The van der Waals surface area contributed by atoms with E-state index in [0.717, 1.165) is 16.8 Å². The smallest absolute Gasteiger partial charge is 0.228 e. The molecule has 0 radical (unpaired) electrons. The molecule has 0 bridgehead atoms. The third-order valence-corrected chi connectivity index (χ3v) is 4.58. The van der Waals surface area contributed by atoms with E-state index in [4.69, 9.17) is 33.3 Å². The van der Waals surface area contributed by atoms with Crippen molar-refractivity contribution in [2.45, 2.75) is 6.61 Å². The van der Waals surface area contributed by atoms with Gasteiger partial charge in [0.15, 0.2) is 11.5 Å². The topological polar surface area (TPSA) is 56.5 Å². The molecule has 0 fully saturated rings. The van der Waals surface area contributed by atoms with Gasteiger partial charge in [0.2, 0.25) is 11.3 Å². The van der Waals surface area contributed by atoms with Gasteiger partial charge in [-0.3, -0.25) is 0 Å². The van der Waals surface area contributed by atoms with Crippen LogP contribution in [0.15, 0.2) is 72.8 Å². The molecule has 0 heterocycles. The van der Waals surface area contributed by atoms with E-state index >= 15 is 0 Å². The number of hydrogen-bond acceptors (Lipinski definition) is 3. The van der Waals surface area contributed by atoms with Gasteiger partial charge in [-0.2, -0.15) is 0 Å². The molecule has 29 heavy (non-hydrogen) atoms. The fourth-order valence-electron chi connectivity index (χ4n) is 2.59. The molecular weight excluding hydrogens is 406 g/mol. The van der Waals surface area contributed by atoms with Gasteiger partial charge in [-0.15, -0.1) is 10.5 Å². The highest BCUT2D eigenvalue weighted by atomic mass is 35.5. The highest BCUT2D eigenvalue weighted by Gasteiger charge is 2.12. The van der Waals surface area contributed by atoms with Crippen LogP contribution in [-0.4, -0.2) is 18.4 Å². The molecule has 3 N–H and O–H groups in total. The Kier molecular flexibility index (Phi) is 7.44. The summed E-state index contributed by atoms with van der Waals surface area (Å²) in [4.78, 5) is 0. The number of halogens is 1. The van der Waals surface area contributed by atoms with Crippen molar-refractivity contribution in [1.29, 1.82) is 0 Å². The Labute approximate surface area is 180 Å². The lowest BCUT2D eigenvalue weighted by Gasteiger charge is -2.13. The fourth-order valence-corrected chi connectivity index (χ4v) is 2.96. The van der Waals surface area contributed by atoms with Gasteiger partial charge in [0.25, 0.3) is 0 Å². The van der Waals surface area contributed by atoms with Crippen molar-refractivity contribution in [3.8, 4) is 11.5 Å². The number of nitrogens with one attached hydrogen (secondary N) is 3. The Morgan fingerprint density at radius 2 is 1.79 bits per heavy atom. The molecule has 0 aliphatic carbocycles. The van der Waals surface area contributed by atoms with Crippen LogP contribution in [0, 0.1) is 0 Å². The maximum atomic E-state index is 6.23. The van der Waals surface area contributed by atoms with Crippen LogP contribution in [0.25, 0.3) is 0 Å². The average molecular weight is 427 g/mol. The van der Waals surface area contributed by atoms with Gasteiger partial charge in [-0.05, 0) is 42.5 Å². The van der Waals surface area contributed by atoms with E-state index in [1.165, 1.54) is 0 Å². The average Bonchev–Trinajstić information content (AvgIpc) is 2.74. The lowest BCUT2D eigenvalue weighted by atomic mass is 10.2. The van der Waals surface area contributed by atoms with Crippen molar-refractivity contribution >= 4 is 40.8 Å². The normalized spacial score (nSPS) is 10.6. The Hall–Kier alpha value is -3.09. The summed E-state index contributed by atoms with van der Waals surface area (Å²) in [5, 5.41) is 7.16. The minimum atomic E-state index is 0.322. The van der Waals surface area contributed by atoms with Crippen LogP contribution < -0.4 is 25.3 Å². The summed E-state index contributed by atoms with van der Waals surface area (Å²) < 4.78 is 11.5. The number of benzene rings is 3. The molecule has 3 rings (SSSR count). The molecule has 5 nitrogen and oxygen atoms in total. The molecule has 0 saturated heterocycles. The first kappa shape index (κ1) is 20.6. The molecule has 0 aliphatic rings. The molecule has 0 atom stereocenters. The van der Waals surface area contributed by atoms with Crippen LogP contribution in [0.3, 0.4) is 0 Å². The molecule has 3 aromatic carbocycles. The molecule has 0 aliphatic heterocycles. The van der Waals surface area contributed by atoms with Crippen molar-refractivity contribution in [3.05, 3.63) is 88.9 Å². The molecular formula is C22H21ClN3O2S+. The number of anilines is 1. The van der Waals surface area contributed by atoms with E-state index in [-0.39, 0.29) is 0 Å². The maximum absolute atomic E-state index is 6.23. The van der Waals surface area contributed by atoms with Gasteiger partial charge in [0.1, 0.15) is 6.61 Å². The van der Waals surface area contributed by atoms with Crippen LogP contribution in [0.2, 0.25) is 5.02 Å². The van der Waals surface area contributed by atoms with Crippen molar-refractivity contribution in [2.75, 3.05) is 12.4 Å². The second-order valence-corrected chi connectivity index (χ2v) is 6.81. The molecule has 3 aromatic rings. The van der Waals surface area contributed by atoms with Crippen molar-refractivity contribution in [2.24, 2.45) is 0 Å². The number of hydrogen-bond donors (Lipinski definition) is 3. The summed E-state index contributed by atoms with van der Waals surface area (Å²) in [6.07, 6.45) is 1.75. The lowest BCUT2D eigenvalue weighted by molar-refractivity contribution is -0.499. The maximum Gasteiger partial charge on any atom is 0.228 e. The summed E-state index contributed by atoms with van der Waals surface area (Å²) in [6.45, 7) is 0.322. The minimum absolute atomic E-state index is 0.322. The first-order chi connectivity index (χ1) is 14.2. The molecule has 0 unspecified atom stereocenters. The molecule has 0 aromatic heterocycles. The highest BCUT2D eigenvalue weighted by molar-refractivity contribution is 7.80. The van der Waals surface area contributed by atoms with Gasteiger partial charge >= 0.3 is 0 Å². The van der Waals surface area contributed by atoms with E-state index in [1.807, 2.05) is 72.8 Å². The van der Waals surface area contributed by atoms with Gasteiger partial charge in [-0.25, -0.2) is 0 Å². The third-order valence-electron chi connectivity index (χ3n) is 4.00. The number of rotatable bonds is 7. The van der Waals surface area contributed by atoms with Crippen LogP contribution in [-0.2, 0) is 6.61 Å². The molecule has 7 heteroatoms. The van der Waals surface area contributed by atoms with Gasteiger partial charge in [-0.1, -0.05) is 54.1 Å². The summed E-state index contributed by atoms with van der Waals surface area (Å²) in [5.41, 5.74) is 5.52. The summed E-state index contributed by atoms with van der Waals surface area (Å²) in [5.74, 6) is 1.23. The number of hydrazine groups is 1. The van der Waals surface area contributed by atoms with Crippen molar-refractivity contribution < 1.29 is 14.6 Å². The molecule has 0 spiro atoms. The van der Waals surface area contributed by atoms with Crippen LogP contribution in [0.5, 0.6) is 11.5 Å². The number of ether oxygens (including phenoxy) is 2. The van der Waals surface area contributed by atoms with Crippen molar-refractivity contribution in [1.82, 2.24) is 5.43 Å². The van der Waals surface area contributed by atoms with E-state index in [1.54, 1.807) is 13.3 Å². The largest absolute Gasteiger partial charge is 0.493 e. The fraction of sp³-hybridized carbons (Fsp3) is 0.0909. The predicted octanol–water partition coefficient (Wildman–Crippen LogP) is 3.33. The van der Waals surface area contributed by atoms with Crippen LogP contribution >= 0.6 is 23.8 Å². The summed E-state index contributed by atoms with van der Waals surface area (Å²) in [6, 6.07) is 22.9. The Bertz CT molecular complexity index is 996. The van der Waals surface area contributed by atoms with Crippen molar-refractivity contribution in [3.63, 3.8) is 0 Å². The lowest BCUT2D eigenvalue weighted by Crippen LogP contribution is -2.82. The third kappa shape index (κ3) is 5.94. The second kappa shape index (κ2) is 10.5.